The van der Waals surface area contributed by atoms with Crippen LogP contribution in [0, 0.1) is 5.92 Å². The summed E-state index contributed by atoms with van der Waals surface area (Å²) in [4.78, 5) is 26.7. The molecule has 5 rings (SSSR count). The summed E-state index contributed by atoms with van der Waals surface area (Å²) in [6, 6.07) is 26.1. The van der Waals surface area contributed by atoms with Crippen LogP contribution in [-0.4, -0.2) is 23.4 Å². The topological polar surface area (TPSA) is 58.6 Å². The van der Waals surface area contributed by atoms with Crippen LogP contribution in [0.4, 0.5) is 10.5 Å². The molecular formula is C28H28N2O3. The summed E-state index contributed by atoms with van der Waals surface area (Å²) in [5, 5.41) is 3.02. The van der Waals surface area contributed by atoms with Gasteiger partial charge < -0.3 is 15.0 Å². The zero-order chi connectivity index (χ0) is 22.6. The van der Waals surface area contributed by atoms with Crippen molar-refractivity contribution in [2.45, 2.75) is 38.3 Å². The Morgan fingerprint density at radius 3 is 2.42 bits per heavy atom. The van der Waals surface area contributed by atoms with Crippen LogP contribution in [0.3, 0.4) is 0 Å². The van der Waals surface area contributed by atoms with Crippen LogP contribution in [-0.2, 0) is 16.1 Å². The van der Waals surface area contributed by atoms with Crippen molar-refractivity contribution in [2.24, 2.45) is 5.92 Å². The molecule has 1 saturated heterocycles. The Hall–Kier alpha value is -3.60. The van der Waals surface area contributed by atoms with Crippen LogP contribution >= 0.6 is 0 Å². The minimum atomic E-state index is -0.260. The van der Waals surface area contributed by atoms with E-state index in [9.17, 15) is 9.59 Å². The molecule has 5 nitrogen and oxygen atoms in total. The fourth-order valence-corrected chi connectivity index (χ4v) is 4.40. The monoisotopic (exact) mass is 440 g/mol. The van der Waals surface area contributed by atoms with Gasteiger partial charge in [-0.15, -0.1) is 0 Å². The van der Waals surface area contributed by atoms with E-state index in [1.165, 1.54) is 0 Å². The number of hydrogen-bond donors (Lipinski definition) is 1. The number of nitrogens with zero attached hydrogens (tertiary/aromatic N) is 1. The van der Waals surface area contributed by atoms with Gasteiger partial charge in [0.15, 0.2) is 0 Å². The molecule has 2 amide bonds. The molecule has 1 heterocycles. The molecule has 2 aliphatic rings. The Labute approximate surface area is 194 Å². The maximum absolute atomic E-state index is 12.7. The maximum Gasteiger partial charge on any atom is 0.410 e. The molecule has 1 saturated carbocycles. The molecule has 33 heavy (non-hydrogen) atoms. The molecule has 168 valence electrons. The Kier molecular flexibility index (Phi) is 6.11. The smallest absolute Gasteiger partial charge is 0.410 e. The fourth-order valence-electron chi connectivity index (χ4n) is 4.40. The van der Waals surface area contributed by atoms with Gasteiger partial charge >= 0.3 is 6.09 Å². The average molecular weight is 441 g/mol. The van der Waals surface area contributed by atoms with Crippen LogP contribution in [0.15, 0.2) is 78.9 Å². The molecule has 3 aromatic rings. The van der Waals surface area contributed by atoms with Crippen molar-refractivity contribution in [2.75, 3.05) is 11.9 Å². The number of carbonyl (C=O) groups excluding carboxylic acids is 2. The second-order valence-corrected chi connectivity index (χ2v) is 8.86. The van der Waals surface area contributed by atoms with E-state index in [0.29, 0.717) is 6.54 Å². The highest BCUT2D eigenvalue weighted by molar-refractivity contribution is 5.94. The van der Waals surface area contributed by atoms with E-state index in [4.69, 9.17) is 4.74 Å². The number of carbonyl (C=O) groups is 2. The molecule has 1 N–H and O–H groups in total. The lowest BCUT2D eigenvalue weighted by Crippen LogP contribution is -2.31. The second-order valence-electron chi connectivity index (χ2n) is 8.86. The first kappa shape index (κ1) is 21.3. The van der Waals surface area contributed by atoms with Crippen molar-refractivity contribution in [1.82, 2.24) is 4.90 Å². The molecule has 1 aliphatic carbocycles. The molecule has 3 aromatic carbocycles. The van der Waals surface area contributed by atoms with Gasteiger partial charge in [0.1, 0.15) is 6.61 Å². The summed E-state index contributed by atoms with van der Waals surface area (Å²) in [6.07, 6.45) is 3.62. The molecular weight excluding hydrogens is 412 g/mol. The number of rotatable bonds is 6. The summed E-state index contributed by atoms with van der Waals surface area (Å²) in [6.45, 7) is 0.998. The number of nitrogens with one attached hydrogen (secondary N) is 1. The number of anilines is 1. The van der Waals surface area contributed by atoms with E-state index in [2.05, 4.69) is 29.6 Å². The van der Waals surface area contributed by atoms with Gasteiger partial charge in [0.05, 0.1) is 6.04 Å². The predicted molar refractivity (Wildman–Crippen MR) is 129 cm³/mol. The highest BCUT2D eigenvalue weighted by Gasteiger charge is 2.31. The molecule has 2 fully saturated rings. The zero-order valence-electron chi connectivity index (χ0n) is 18.6. The van der Waals surface area contributed by atoms with Gasteiger partial charge in [-0.25, -0.2) is 4.79 Å². The van der Waals surface area contributed by atoms with E-state index in [-0.39, 0.29) is 30.6 Å². The lowest BCUT2D eigenvalue weighted by molar-refractivity contribution is -0.117. The van der Waals surface area contributed by atoms with E-state index < -0.39 is 0 Å². The largest absolute Gasteiger partial charge is 0.445 e. The third kappa shape index (κ3) is 5.08. The first-order valence-corrected chi connectivity index (χ1v) is 11.7. The molecule has 1 aliphatic heterocycles. The summed E-state index contributed by atoms with van der Waals surface area (Å²) in [7, 11) is 0. The lowest BCUT2D eigenvalue weighted by atomic mass is 9.99. The van der Waals surface area contributed by atoms with Gasteiger partial charge in [0, 0.05) is 18.2 Å². The van der Waals surface area contributed by atoms with Crippen molar-refractivity contribution < 1.29 is 14.3 Å². The lowest BCUT2D eigenvalue weighted by Gasteiger charge is -2.24. The van der Waals surface area contributed by atoms with Crippen LogP contribution in [0.5, 0.6) is 0 Å². The maximum atomic E-state index is 12.7. The van der Waals surface area contributed by atoms with Crippen molar-refractivity contribution in [3.63, 3.8) is 0 Å². The Morgan fingerprint density at radius 2 is 1.67 bits per heavy atom. The zero-order valence-corrected chi connectivity index (χ0v) is 18.6. The highest BCUT2D eigenvalue weighted by Crippen LogP contribution is 2.34. The van der Waals surface area contributed by atoms with Gasteiger partial charge in [-0.2, -0.15) is 0 Å². The first-order chi connectivity index (χ1) is 16.2. The first-order valence-electron chi connectivity index (χ1n) is 11.7. The van der Waals surface area contributed by atoms with Crippen molar-refractivity contribution >= 4 is 17.7 Å². The molecule has 0 radical (unpaired) electrons. The summed E-state index contributed by atoms with van der Waals surface area (Å²) < 4.78 is 5.58. The van der Waals surface area contributed by atoms with Gasteiger partial charge in [0.2, 0.25) is 5.91 Å². The Balaban J connectivity index is 1.25. The number of ether oxygens (including phenoxy) is 1. The van der Waals surface area contributed by atoms with Gasteiger partial charge in [-0.1, -0.05) is 66.7 Å². The summed E-state index contributed by atoms with van der Waals surface area (Å²) in [5.74, 6) is 0.296. The Bertz CT molecular complexity index is 1120. The van der Waals surface area contributed by atoms with Crippen LogP contribution in [0.1, 0.15) is 42.9 Å². The quantitative estimate of drug-likeness (QED) is 0.498. The summed E-state index contributed by atoms with van der Waals surface area (Å²) in [5.41, 5.74) is 5.07. The minimum absolute atomic E-state index is 0.0338. The standard InChI is InChI=1S/C28H28N2O3/c31-27(23-15-16-23)29-25-9-4-8-24(18-25)21-11-13-22(14-12-21)26-10-5-17-30(26)28(32)33-19-20-6-2-1-3-7-20/h1-4,6-9,11-14,18,23,26H,5,10,15-17,19H2,(H,29,31)/t26-/m0/s1. The molecule has 0 unspecified atom stereocenters. The third-order valence-corrected chi connectivity index (χ3v) is 6.40. The van der Waals surface area contributed by atoms with Crippen molar-refractivity contribution in [3.05, 3.63) is 90.0 Å². The molecule has 0 bridgehead atoms. The van der Waals surface area contributed by atoms with Gasteiger partial charge in [0.25, 0.3) is 0 Å². The number of amides is 2. The number of hydrogen-bond acceptors (Lipinski definition) is 3. The number of likely N-dealkylation sites (tertiary alicyclic amines) is 1. The van der Waals surface area contributed by atoms with Crippen molar-refractivity contribution in [3.8, 4) is 11.1 Å². The molecule has 0 aromatic heterocycles. The van der Waals surface area contributed by atoms with Gasteiger partial charge in [-0.05, 0) is 60.1 Å². The van der Waals surface area contributed by atoms with Crippen molar-refractivity contribution in [1.29, 1.82) is 0 Å². The molecule has 5 heteroatoms. The SMILES string of the molecule is O=C(Nc1cccc(-c2ccc([C@@H]3CCCN3C(=O)OCc3ccccc3)cc2)c1)C1CC1. The average Bonchev–Trinajstić information content (AvgIpc) is 3.60. The number of benzene rings is 3. The van der Waals surface area contributed by atoms with Gasteiger partial charge in [-0.3, -0.25) is 4.79 Å². The molecule has 1 atom stereocenters. The van der Waals surface area contributed by atoms with Crippen LogP contribution < -0.4 is 5.32 Å². The van der Waals surface area contributed by atoms with Crippen LogP contribution in [0.25, 0.3) is 11.1 Å². The van der Waals surface area contributed by atoms with E-state index >= 15 is 0 Å². The predicted octanol–water partition coefficient (Wildman–Crippen LogP) is 6.18. The van der Waals surface area contributed by atoms with Crippen LogP contribution in [0.2, 0.25) is 0 Å². The second kappa shape index (κ2) is 9.49. The molecule has 0 spiro atoms. The third-order valence-electron chi connectivity index (χ3n) is 6.40. The van der Waals surface area contributed by atoms with E-state index in [0.717, 1.165) is 53.6 Å². The Morgan fingerprint density at radius 1 is 0.879 bits per heavy atom. The normalized spacial score (nSPS) is 17.6. The summed E-state index contributed by atoms with van der Waals surface area (Å²) >= 11 is 0. The van der Waals surface area contributed by atoms with E-state index in [1.807, 2.05) is 59.5 Å². The minimum Gasteiger partial charge on any atom is -0.445 e. The fraction of sp³-hybridized carbons (Fsp3) is 0.286. The highest BCUT2D eigenvalue weighted by atomic mass is 16.6. The van der Waals surface area contributed by atoms with E-state index in [1.54, 1.807) is 0 Å².